The van der Waals surface area contributed by atoms with Crippen LogP contribution < -0.4 is 0 Å². The highest BCUT2D eigenvalue weighted by atomic mass is 35.5. The average molecular weight is 455 g/mol. The van der Waals surface area contributed by atoms with Crippen molar-refractivity contribution in [2.45, 2.75) is 24.4 Å². The SMILES string of the molecule is CCOC(=O)c1ccc2c(c1)nc(SCc1ccc(F)c(Cl)c1)n2Cc1ccccc1. The van der Waals surface area contributed by atoms with Crippen LogP contribution in [-0.4, -0.2) is 22.1 Å². The van der Waals surface area contributed by atoms with Gasteiger partial charge in [0.1, 0.15) is 5.82 Å². The van der Waals surface area contributed by atoms with Gasteiger partial charge in [-0.1, -0.05) is 59.8 Å². The fraction of sp³-hybridized carbons (Fsp3) is 0.167. The van der Waals surface area contributed by atoms with Gasteiger partial charge < -0.3 is 9.30 Å². The summed E-state index contributed by atoms with van der Waals surface area (Å²) in [5.41, 5.74) is 4.17. The van der Waals surface area contributed by atoms with E-state index in [-0.39, 0.29) is 11.0 Å². The van der Waals surface area contributed by atoms with Gasteiger partial charge in [-0.2, -0.15) is 0 Å². The van der Waals surface area contributed by atoms with Gasteiger partial charge in [0.25, 0.3) is 0 Å². The Labute approximate surface area is 189 Å². The maximum atomic E-state index is 13.5. The largest absolute Gasteiger partial charge is 0.462 e. The molecule has 0 amide bonds. The van der Waals surface area contributed by atoms with Crippen LogP contribution in [0.1, 0.15) is 28.4 Å². The zero-order valence-corrected chi connectivity index (χ0v) is 18.4. The number of esters is 1. The zero-order valence-electron chi connectivity index (χ0n) is 16.8. The summed E-state index contributed by atoms with van der Waals surface area (Å²) in [5.74, 6) is -0.210. The Morgan fingerprint density at radius 1 is 1.10 bits per heavy atom. The molecule has 158 valence electrons. The van der Waals surface area contributed by atoms with Crippen molar-refractivity contribution < 1.29 is 13.9 Å². The molecule has 0 aliphatic carbocycles. The van der Waals surface area contributed by atoms with E-state index in [1.165, 1.54) is 17.8 Å². The maximum absolute atomic E-state index is 13.5. The number of thioether (sulfide) groups is 1. The lowest BCUT2D eigenvalue weighted by Crippen LogP contribution is -2.04. The van der Waals surface area contributed by atoms with Crippen LogP contribution in [0.15, 0.2) is 71.9 Å². The summed E-state index contributed by atoms with van der Waals surface area (Å²) in [6.07, 6.45) is 0. The third kappa shape index (κ3) is 4.92. The van der Waals surface area contributed by atoms with E-state index in [1.54, 1.807) is 31.2 Å². The molecule has 4 aromatic rings. The van der Waals surface area contributed by atoms with Crippen LogP contribution in [0.25, 0.3) is 11.0 Å². The minimum atomic E-state index is -0.432. The predicted octanol–water partition coefficient (Wildman–Crippen LogP) is 6.35. The normalized spacial score (nSPS) is 11.1. The molecule has 0 aliphatic heterocycles. The number of rotatable bonds is 7. The van der Waals surface area contributed by atoms with Gasteiger partial charge >= 0.3 is 5.97 Å². The molecule has 0 atom stereocenters. The fourth-order valence-electron chi connectivity index (χ4n) is 3.26. The number of carbonyl (C=O) groups is 1. The minimum Gasteiger partial charge on any atom is -0.462 e. The third-order valence-corrected chi connectivity index (χ3v) is 6.10. The molecule has 1 aromatic heterocycles. The van der Waals surface area contributed by atoms with Crippen molar-refractivity contribution in [1.82, 2.24) is 9.55 Å². The molecule has 3 aromatic carbocycles. The number of halogens is 2. The summed E-state index contributed by atoms with van der Waals surface area (Å²) in [4.78, 5) is 16.9. The first-order chi connectivity index (χ1) is 15.0. The highest BCUT2D eigenvalue weighted by molar-refractivity contribution is 7.98. The number of hydrogen-bond acceptors (Lipinski definition) is 4. The van der Waals surface area contributed by atoms with Gasteiger partial charge in [0.15, 0.2) is 5.16 Å². The third-order valence-electron chi connectivity index (χ3n) is 4.76. The van der Waals surface area contributed by atoms with Crippen LogP contribution in [0, 0.1) is 5.82 Å². The number of fused-ring (bicyclic) bond motifs is 1. The maximum Gasteiger partial charge on any atom is 0.338 e. The van der Waals surface area contributed by atoms with E-state index in [1.807, 2.05) is 24.3 Å². The summed E-state index contributed by atoms with van der Waals surface area (Å²) in [7, 11) is 0. The van der Waals surface area contributed by atoms with Gasteiger partial charge in [-0.3, -0.25) is 0 Å². The molecule has 0 N–H and O–H groups in total. The lowest BCUT2D eigenvalue weighted by Gasteiger charge is -2.10. The zero-order chi connectivity index (χ0) is 21.8. The van der Waals surface area contributed by atoms with Gasteiger partial charge in [0.2, 0.25) is 0 Å². The molecule has 0 radical (unpaired) electrons. The summed E-state index contributed by atoms with van der Waals surface area (Å²) in [6.45, 7) is 2.74. The second-order valence-electron chi connectivity index (χ2n) is 6.93. The Morgan fingerprint density at radius 3 is 2.65 bits per heavy atom. The molecule has 31 heavy (non-hydrogen) atoms. The lowest BCUT2D eigenvalue weighted by molar-refractivity contribution is 0.0526. The lowest BCUT2D eigenvalue weighted by atomic mass is 10.2. The van der Waals surface area contributed by atoms with Crippen LogP contribution >= 0.6 is 23.4 Å². The van der Waals surface area contributed by atoms with E-state index in [0.717, 1.165) is 27.3 Å². The minimum absolute atomic E-state index is 0.106. The van der Waals surface area contributed by atoms with Gasteiger partial charge in [-0.15, -0.1) is 0 Å². The molecule has 4 nitrogen and oxygen atoms in total. The second kappa shape index (κ2) is 9.54. The summed E-state index contributed by atoms with van der Waals surface area (Å²) < 4.78 is 20.7. The smallest absolute Gasteiger partial charge is 0.338 e. The van der Waals surface area contributed by atoms with Crippen molar-refractivity contribution in [1.29, 1.82) is 0 Å². The second-order valence-corrected chi connectivity index (χ2v) is 8.28. The highest BCUT2D eigenvalue weighted by Crippen LogP contribution is 2.29. The number of imidazole rings is 1. The van der Waals surface area contributed by atoms with Crippen LogP contribution in [0.4, 0.5) is 4.39 Å². The Balaban J connectivity index is 1.69. The molecule has 0 aliphatic rings. The molecular weight excluding hydrogens is 435 g/mol. The molecule has 0 fully saturated rings. The van der Waals surface area contributed by atoms with Crippen LogP contribution in [-0.2, 0) is 17.0 Å². The molecule has 0 saturated heterocycles. The molecule has 0 spiro atoms. The molecule has 0 unspecified atom stereocenters. The van der Waals surface area contributed by atoms with E-state index < -0.39 is 5.82 Å². The number of hydrogen-bond donors (Lipinski definition) is 0. The van der Waals surface area contributed by atoms with Crippen molar-refractivity contribution in [3.05, 3.63) is 94.3 Å². The standard InChI is InChI=1S/C24H20ClFN2O2S/c1-2-30-23(29)18-9-11-22-21(13-18)27-24(28(22)14-16-6-4-3-5-7-16)31-15-17-8-10-20(26)19(25)12-17/h3-13H,2,14-15H2,1H3. The highest BCUT2D eigenvalue weighted by Gasteiger charge is 2.15. The predicted molar refractivity (Wildman–Crippen MR) is 122 cm³/mol. The Hall–Kier alpha value is -2.83. The average Bonchev–Trinajstić information content (AvgIpc) is 3.12. The number of carbonyl (C=O) groups excluding carboxylic acids is 1. The van der Waals surface area contributed by atoms with Gasteiger partial charge in [0, 0.05) is 5.75 Å². The number of nitrogens with zero attached hydrogens (tertiary/aromatic N) is 2. The van der Waals surface area contributed by atoms with E-state index in [4.69, 9.17) is 21.3 Å². The first-order valence-electron chi connectivity index (χ1n) is 9.83. The van der Waals surface area contributed by atoms with Crippen molar-refractivity contribution in [3.63, 3.8) is 0 Å². The topological polar surface area (TPSA) is 44.1 Å². The molecular formula is C24H20ClFN2O2S. The van der Waals surface area contributed by atoms with Crippen molar-refractivity contribution in [3.8, 4) is 0 Å². The van der Waals surface area contributed by atoms with Crippen molar-refractivity contribution in [2.24, 2.45) is 0 Å². The van der Waals surface area contributed by atoms with E-state index >= 15 is 0 Å². The van der Waals surface area contributed by atoms with Crippen LogP contribution in [0.2, 0.25) is 5.02 Å². The molecule has 0 saturated carbocycles. The Bertz CT molecular complexity index is 1230. The Kier molecular flexibility index (Phi) is 6.59. The monoisotopic (exact) mass is 454 g/mol. The molecule has 0 bridgehead atoms. The fourth-order valence-corrected chi connectivity index (χ4v) is 4.42. The van der Waals surface area contributed by atoms with Gasteiger partial charge in [-0.05, 0) is 48.4 Å². The first kappa shape index (κ1) is 21.4. The van der Waals surface area contributed by atoms with Gasteiger partial charge in [-0.25, -0.2) is 14.2 Å². The number of ether oxygens (including phenoxy) is 1. The summed E-state index contributed by atoms with van der Waals surface area (Å²) in [5, 5.41) is 0.912. The molecule has 1 heterocycles. The Morgan fingerprint density at radius 2 is 1.90 bits per heavy atom. The number of aromatic nitrogens is 2. The first-order valence-corrected chi connectivity index (χ1v) is 11.2. The van der Waals surface area contributed by atoms with Crippen LogP contribution in [0.3, 0.4) is 0 Å². The quantitative estimate of drug-likeness (QED) is 0.241. The molecule has 4 rings (SSSR count). The van der Waals surface area contributed by atoms with E-state index in [2.05, 4.69) is 16.7 Å². The molecule has 7 heteroatoms. The summed E-state index contributed by atoms with van der Waals surface area (Å²) in [6, 6.07) is 20.2. The van der Waals surface area contributed by atoms with E-state index in [0.29, 0.717) is 24.5 Å². The van der Waals surface area contributed by atoms with E-state index in [9.17, 15) is 9.18 Å². The van der Waals surface area contributed by atoms with Crippen molar-refractivity contribution in [2.75, 3.05) is 6.61 Å². The van der Waals surface area contributed by atoms with Crippen LogP contribution in [0.5, 0.6) is 0 Å². The summed E-state index contributed by atoms with van der Waals surface area (Å²) >= 11 is 7.46. The van der Waals surface area contributed by atoms with Gasteiger partial charge in [0.05, 0.1) is 34.8 Å². The van der Waals surface area contributed by atoms with Crippen molar-refractivity contribution >= 4 is 40.4 Å². The number of benzene rings is 3.